The average Bonchev–Trinajstić information content (AvgIpc) is 2.14. The zero-order valence-corrected chi connectivity index (χ0v) is 10.1. The van der Waals surface area contributed by atoms with Crippen LogP contribution in [0.1, 0.15) is 5.69 Å². The Balaban J connectivity index is 3.10. The van der Waals surface area contributed by atoms with E-state index >= 15 is 0 Å². The Morgan fingerprint density at radius 3 is 2.50 bits per heavy atom. The molecule has 0 saturated heterocycles. The Kier molecular flexibility index (Phi) is 4.16. The van der Waals surface area contributed by atoms with Gasteiger partial charge in [-0.05, 0) is 22.6 Å². The molecule has 1 aromatic heterocycles. The van der Waals surface area contributed by atoms with E-state index in [9.17, 15) is 17.6 Å². The molecule has 0 atom stereocenters. The van der Waals surface area contributed by atoms with E-state index in [1.54, 1.807) is 22.6 Å². The molecule has 3 nitrogen and oxygen atoms in total. The van der Waals surface area contributed by atoms with Crippen LogP contribution in [0.25, 0.3) is 0 Å². The first-order valence-electron chi connectivity index (χ1n) is 3.92. The highest BCUT2D eigenvalue weighted by Crippen LogP contribution is 2.30. The van der Waals surface area contributed by atoms with Crippen molar-refractivity contribution in [1.29, 1.82) is 0 Å². The second-order valence-corrected chi connectivity index (χ2v) is 3.77. The summed E-state index contributed by atoms with van der Waals surface area (Å²) in [7, 11) is 1.28. The van der Waals surface area contributed by atoms with Crippen molar-refractivity contribution >= 4 is 22.6 Å². The zero-order valence-electron chi connectivity index (χ0n) is 7.94. The summed E-state index contributed by atoms with van der Waals surface area (Å²) in [6, 6.07) is 1.02. The molecule has 0 aliphatic heterocycles. The Morgan fingerprint density at radius 1 is 1.44 bits per heavy atom. The van der Waals surface area contributed by atoms with Crippen LogP contribution in [0.5, 0.6) is 11.6 Å². The van der Waals surface area contributed by atoms with Crippen molar-refractivity contribution in [2.45, 2.75) is 13.0 Å². The second kappa shape index (κ2) is 5.02. The van der Waals surface area contributed by atoms with E-state index in [-0.39, 0.29) is 11.4 Å². The van der Waals surface area contributed by atoms with Crippen LogP contribution in [0.15, 0.2) is 6.07 Å². The molecule has 0 bridgehead atoms. The van der Waals surface area contributed by atoms with E-state index in [0.29, 0.717) is 3.57 Å². The van der Waals surface area contributed by atoms with Gasteiger partial charge in [0.05, 0.1) is 10.7 Å². The number of halogens is 5. The van der Waals surface area contributed by atoms with Crippen LogP contribution in [0.4, 0.5) is 17.6 Å². The highest BCUT2D eigenvalue weighted by Gasteiger charge is 2.32. The maximum atomic E-state index is 12.5. The second-order valence-electron chi connectivity index (χ2n) is 2.60. The Morgan fingerprint density at radius 2 is 2.06 bits per heavy atom. The molecule has 16 heavy (non-hydrogen) atoms. The van der Waals surface area contributed by atoms with Crippen LogP contribution in [-0.2, 0) is 6.67 Å². The van der Waals surface area contributed by atoms with Crippen molar-refractivity contribution in [1.82, 2.24) is 4.98 Å². The minimum atomic E-state index is -4.85. The molecule has 0 aromatic carbocycles. The first-order valence-corrected chi connectivity index (χ1v) is 5.00. The summed E-state index contributed by atoms with van der Waals surface area (Å²) in [5.41, 5.74) is -0.228. The molecule has 0 amide bonds. The minimum Gasteiger partial charge on any atom is -0.494 e. The SMILES string of the molecule is COc1c(I)cc(OC(F)(F)F)nc1CF. The number of pyridine rings is 1. The largest absolute Gasteiger partial charge is 0.574 e. The van der Waals surface area contributed by atoms with Gasteiger partial charge < -0.3 is 9.47 Å². The molecule has 1 aromatic rings. The summed E-state index contributed by atoms with van der Waals surface area (Å²) in [6.07, 6.45) is -4.85. The molecule has 0 unspecified atom stereocenters. The topological polar surface area (TPSA) is 31.4 Å². The smallest absolute Gasteiger partial charge is 0.494 e. The summed E-state index contributed by atoms with van der Waals surface area (Å²) < 4.78 is 56.9. The number of aromatic nitrogens is 1. The fraction of sp³-hybridized carbons (Fsp3) is 0.375. The number of ether oxygens (including phenoxy) is 2. The molecule has 0 saturated carbocycles. The van der Waals surface area contributed by atoms with E-state index in [1.807, 2.05) is 0 Å². The minimum absolute atomic E-state index is 0.109. The Hall–Kier alpha value is -0.800. The van der Waals surface area contributed by atoms with Crippen LogP contribution in [0.2, 0.25) is 0 Å². The lowest BCUT2D eigenvalue weighted by Gasteiger charge is -2.12. The number of alkyl halides is 4. The first-order chi connectivity index (χ1) is 7.37. The lowest BCUT2D eigenvalue weighted by Crippen LogP contribution is -2.18. The molecule has 90 valence electrons. The van der Waals surface area contributed by atoms with Gasteiger partial charge in [-0.25, -0.2) is 9.37 Å². The van der Waals surface area contributed by atoms with Crippen LogP contribution < -0.4 is 9.47 Å². The number of hydrogen-bond donors (Lipinski definition) is 0. The van der Waals surface area contributed by atoms with E-state index in [1.165, 1.54) is 7.11 Å². The number of rotatable bonds is 3. The van der Waals surface area contributed by atoms with Crippen molar-refractivity contribution in [2.75, 3.05) is 7.11 Å². The summed E-state index contributed by atoms with van der Waals surface area (Å²) in [5, 5.41) is 0. The monoisotopic (exact) mass is 351 g/mol. The summed E-state index contributed by atoms with van der Waals surface area (Å²) in [5.74, 6) is -0.594. The fourth-order valence-corrected chi connectivity index (χ4v) is 1.80. The normalized spacial score (nSPS) is 11.4. The van der Waals surface area contributed by atoms with E-state index in [4.69, 9.17) is 4.74 Å². The third-order valence-corrected chi connectivity index (χ3v) is 2.33. The van der Waals surface area contributed by atoms with Crippen molar-refractivity contribution in [3.05, 3.63) is 15.3 Å². The van der Waals surface area contributed by atoms with E-state index in [2.05, 4.69) is 9.72 Å². The summed E-state index contributed by atoms with van der Waals surface area (Å²) >= 11 is 1.71. The van der Waals surface area contributed by atoms with Gasteiger partial charge in [-0.1, -0.05) is 0 Å². The standard InChI is InChI=1S/C8H6F4INO2/c1-15-7-4(13)2-6(14-5(7)3-9)16-8(10,11)12/h2H,3H2,1H3. The molecule has 0 aliphatic rings. The van der Waals surface area contributed by atoms with Crippen molar-refractivity contribution < 1.29 is 27.0 Å². The lowest BCUT2D eigenvalue weighted by atomic mass is 10.3. The lowest BCUT2D eigenvalue weighted by molar-refractivity contribution is -0.276. The van der Waals surface area contributed by atoms with Gasteiger partial charge in [0, 0.05) is 6.07 Å². The fourth-order valence-electron chi connectivity index (χ4n) is 1.00. The van der Waals surface area contributed by atoms with Crippen LogP contribution >= 0.6 is 22.6 Å². The van der Waals surface area contributed by atoms with E-state index < -0.39 is 18.9 Å². The van der Waals surface area contributed by atoms with Gasteiger partial charge in [-0.3, -0.25) is 0 Å². The highest BCUT2D eigenvalue weighted by atomic mass is 127. The van der Waals surface area contributed by atoms with Gasteiger partial charge in [0.15, 0.2) is 5.75 Å². The van der Waals surface area contributed by atoms with Gasteiger partial charge in [0.25, 0.3) is 0 Å². The summed E-state index contributed by atoms with van der Waals surface area (Å²) in [4.78, 5) is 3.36. The van der Waals surface area contributed by atoms with Crippen LogP contribution in [0, 0.1) is 3.57 Å². The van der Waals surface area contributed by atoms with Crippen molar-refractivity contribution in [3.8, 4) is 11.6 Å². The Labute approximate surface area is 102 Å². The molecule has 0 N–H and O–H groups in total. The average molecular weight is 351 g/mol. The maximum absolute atomic E-state index is 12.5. The number of nitrogens with zero attached hydrogens (tertiary/aromatic N) is 1. The quantitative estimate of drug-likeness (QED) is 0.620. The van der Waals surface area contributed by atoms with Crippen molar-refractivity contribution in [2.24, 2.45) is 0 Å². The van der Waals surface area contributed by atoms with Crippen LogP contribution in [-0.4, -0.2) is 18.5 Å². The summed E-state index contributed by atoms with van der Waals surface area (Å²) in [6.45, 7) is -1.03. The van der Waals surface area contributed by atoms with Gasteiger partial charge in [0.1, 0.15) is 12.4 Å². The molecular weight excluding hydrogens is 345 g/mol. The zero-order chi connectivity index (χ0) is 12.3. The molecule has 0 aliphatic carbocycles. The molecule has 0 radical (unpaired) electrons. The predicted molar refractivity (Wildman–Crippen MR) is 55.0 cm³/mol. The molecule has 8 heteroatoms. The van der Waals surface area contributed by atoms with Gasteiger partial charge in [-0.2, -0.15) is 0 Å². The van der Waals surface area contributed by atoms with Crippen LogP contribution in [0.3, 0.4) is 0 Å². The van der Waals surface area contributed by atoms with Crippen molar-refractivity contribution in [3.63, 3.8) is 0 Å². The number of methoxy groups -OCH3 is 1. The molecule has 1 rings (SSSR count). The number of hydrogen-bond acceptors (Lipinski definition) is 3. The third kappa shape index (κ3) is 3.35. The molecular formula is C8H6F4INO2. The molecule has 0 fully saturated rings. The Bertz CT molecular complexity index is 383. The maximum Gasteiger partial charge on any atom is 0.574 e. The van der Waals surface area contributed by atoms with Gasteiger partial charge >= 0.3 is 6.36 Å². The predicted octanol–water partition coefficient (Wildman–Crippen LogP) is 3.06. The third-order valence-electron chi connectivity index (χ3n) is 1.53. The van der Waals surface area contributed by atoms with Gasteiger partial charge in [-0.15, -0.1) is 13.2 Å². The first kappa shape index (κ1) is 13.3. The highest BCUT2D eigenvalue weighted by molar-refractivity contribution is 14.1. The molecule has 1 heterocycles. The van der Waals surface area contributed by atoms with Gasteiger partial charge in [0.2, 0.25) is 5.88 Å². The molecule has 0 spiro atoms. The van der Waals surface area contributed by atoms with E-state index in [0.717, 1.165) is 6.07 Å².